The van der Waals surface area contributed by atoms with Crippen LogP contribution in [0, 0.1) is 0 Å². The van der Waals surface area contributed by atoms with Crippen LogP contribution in [0.2, 0.25) is 0 Å². The fourth-order valence-electron chi connectivity index (χ4n) is 2.88. The number of alkyl carbamates (subject to hydrolysis) is 1. The molecule has 0 aromatic heterocycles. The van der Waals surface area contributed by atoms with Crippen LogP contribution in [0.5, 0.6) is 5.75 Å². The van der Waals surface area contributed by atoms with E-state index < -0.39 is 11.7 Å². The summed E-state index contributed by atoms with van der Waals surface area (Å²) in [6, 6.07) is 7.77. The Labute approximate surface area is 166 Å². The Morgan fingerprint density at radius 1 is 1.19 bits per heavy atom. The van der Waals surface area contributed by atoms with Gasteiger partial charge in [0.1, 0.15) is 11.4 Å². The maximum Gasteiger partial charge on any atom is 0.407 e. The van der Waals surface area contributed by atoms with E-state index in [4.69, 9.17) is 9.47 Å². The molecule has 1 atom stereocenters. The smallest absolute Gasteiger partial charge is 0.407 e. The number of hydrogen-bond acceptors (Lipinski definition) is 5. The number of rotatable bonds is 5. The molecule has 1 saturated heterocycles. The Bertz CT molecular complexity index is 634. The van der Waals surface area contributed by atoms with Crippen molar-refractivity contribution in [1.82, 2.24) is 10.2 Å². The molecule has 1 heterocycles. The van der Waals surface area contributed by atoms with Gasteiger partial charge in [0.2, 0.25) is 5.91 Å². The number of carbonyl (C=O) groups is 2. The Balaban J connectivity index is 1.78. The van der Waals surface area contributed by atoms with Gasteiger partial charge in [0.05, 0.1) is 12.4 Å². The van der Waals surface area contributed by atoms with Gasteiger partial charge in [-0.2, -0.15) is 0 Å². The first-order valence-corrected chi connectivity index (χ1v) is 10.1. The molecular formula is C20H30N2O4S. The van der Waals surface area contributed by atoms with Crippen LogP contribution in [-0.2, 0) is 9.53 Å². The monoisotopic (exact) mass is 394 g/mol. The molecule has 27 heavy (non-hydrogen) atoms. The van der Waals surface area contributed by atoms with Crippen molar-refractivity contribution in [2.24, 2.45) is 0 Å². The molecule has 0 spiro atoms. The van der Waals surface area contributed by atoms with Crippen molar-refractivity contribution >= 4 is 23.8 Å². The van der Waals surface area contributed by atoms with E-state index in [1.54, 1.807) is 18.9 Å². The second kappa shape index (κ2) is 9.35. The molecule has 1 aromatic carbocycles. The van der Waals surface area contributed by atoms with Crippen molar-refractivity contribution in [2.45, 2.75) is 62.3 Å². The van der Waals surface area contributed by atoms with Crippen molar-refractivity contribution in [3.8, 4) is 5.75 Å². The minimum Gasteiger partial charge on any atom is -0.497 e. The van der Waals surface area contributed by atoms with Crippen LogP contribution in [0.3, 0.4) is 0 Å². The first-order chi connectivity index (χ1) is 12.7. The summed E-state index contributed by atoms with van der Waals surface area (Å²) in [5, 5.41) is 2.74. The van der Waals surface area contributed by atoms with Gasteiger partial charge in [0.25, 0.3) is 0 Å². The fourth-order valence-corrected chi connectivity index (χ4v) is 3.84. The molecule has 0 aliphatic carbocycles. The van der Waals surface area contributed by atoms with Crippen molar-refractivity contribution in [1.29, 1.82) is 0 Å². The number of nitrogens with one attached hydrogen (secondary N) is 1. The normalized spacial score (nSPS) is 16.6. The summed E-state index contributed by atoms with van der Waals surface area (Å²) < 4.78 is 10.5. The van der Waals surface area contributed by atoms with Crippen molar-refractivity contribution in [3.63, 3.8) is 0 Å². The summed E-state index contributed by atoms with van der Waals surface area (Å²) in [5.74, 6) is 0.935. The van der Waals surface area contributed by atoms with E-state index in [-0.39, 0.29) is 17.2 Å². The van der Waals surface area contributed by atoms with Gasteiger partial charge in [0.15, 0.2) is 0 Å². The van der Waals surface area contributed by atoms with Crippen LogP contribution in [0.15, 0.2) is 29.2 Å². The molecule has 1 unspecified atom stereocenters. The van der Waals surface area contributed by atoms with Crippen molar-refractivity contribution in [2.75, 3.05) is 20.2 Å². The first-order valence-electron chi connectivity index (χ1n) is 9.27. The van der Waals surface area contributed by atoms with E-state index >= 15 is 0 Å². The van der Waals surface area contributed by atoms with E-state index in [0.29, 0.717) is 13.1 Å². The lowest BCUT2D eigenvalue weighted by molar-refractivity contribution is -0.131. The largest absolute Gasteiger partial charge is 0.497 e. The lowest BCUT2D eigenvalue weighted by Gasteiger charge is -2.34. The summed E-state index contributed by atoms with van der Waals surface area (Å²) in [4.78, 5) is 27.5. The summed E-state index contributed by atoms with van der Waals surface area (Å²) in [7, 11) is 1.63. The third-order valence-electron chi connectivity index (χ3n) is 4.25. The number of likely N-dealkylation sites (tertiary alicyclic amines) is 1. The molecule has 1 aromatic rings. The minimum atomic E-state index is -0.505. The number of benzene rings is 1. The van der Waals surface area contributed by atoms with Gasteiger partial charge < -0.3 is 19.7 Å². The molecule has 7 heteroatoms. The molecule has 1 aliphatic heterocycles. The molecule has 1 N–H and O–H groups in total. The molecule has 6 nitrogen and oxygen atoms in total. The number of nitrogens with zero attached hydrogens (tertiary/aromatic N) is 1. The number of methoxy groups -OCH3 is 1. The summed E-state index contributed by atoms with van der Waals surface area (Å²) >= 11 is 1.55. The number of carbonyl (C=O) groups excluding carboxylic acids is 2. The zero-order valence-electron chi connectivity index (χ0n) is 16.8. The number of ether oxygens (including phenoxy) is 2. The molecule has 1 fully saturated rings. The number of thioether (sulfide) groups is 1. The Kier molecular flexibility index (Phi) is 7.41. The number of amides is 2. The van der Waals surface area contributed by atoms with Crippen LogP contribution >= 0.6 is 11.8 Å². The van der Waals surface area contributed by atoms with Gasteiger partial charge in [-0.25, -0.2) is 4.79 Å². The van der Waals surface area contributed by atoms with E-state index in [2.05, 4.69) is 5.32 Å². The zero-order chi connectivity index (χ0) is 20.0. The molecular weight excluding hydrogens is 364 g/mol. The topological polar surface area (TPSA) is 67.9 Å². The van der Waals surface area contributed by atoms with Gasteiger partial charge in [-0.3, -0.25) is 4.79 Å². The Morgan fingerprint density at radius 2 is 1.78 bits per heavy atom. The highest BCUT2D eigenvalue weighted by atomic mass is 32.2. The van der Waals surface area contributed by atoms with E-state index in [1.807, 2.05) is 56.9 Å². The predicted molar refractivity (Wildman–Crippen MR) is 107 cm³/mol. The standard InChI is InChI=1S/C20H30N2O4S/c1-14(27-17-8-6-16(25-5)7-9-17)18(23)22-12-10-15(11-13-22)21-19(24)26-20(2,3)4/h6-9,14-15H,10-13H2,1-5H3,(H,21,24). The fraction of sp³-hybridized carbons (Fsp3) is 0.600. The van der Waals surface area contributed by atoms with Crippen LogP contribution in [-0.4, -0.2) is 54.0 Å². The van der Waals surface area contributed by atoms with Gasteiger partial charge in [-0.1, -0.05) is 0 Å². The SMILES string of the molecule is COc1ccc(SC(C)C(=O)N2CCC(NC(=O)OC(C)(C)C)CC2)cc1. The maximum atomic E-state index is 12.7. The predicted octanol–water partition coefficient (Wildman–Crippen LogP) is 3.69. The van der Waals surface area contributed by atoms with Gasteiger partial charge in [0, 0.05) is 24.0 Å². The Morgan fingerprint density at radius 3 is 2.30 bits per heavy atom. The third-order valence-corrected chi connectivity index (χ3v) is 5.35. The lowest BCUT2D eigenvalue weighted by atomic mass is 10.0. The second-order valence-corrected chi connectivity index (χ2v) is 9.10. The number of piperidine rings is 1. The Hall–Kier alpha value is -1.89. The molecule has 0 saturated carbocycles. The van der Waals surface area contributed by atoms with E-state index in [1.165, 1.54) is 0 Å². The van der Waals surface area contributed by atoms with Gasteiger partial charge in [-0.05, 0) is 64.8 Å². The average molecular weight is 395 g/mol. The first kappa shape index (κ1) is 21.4. The van der Waals surface area contributed by atoms with Crippen LogP contribution in [0.4, 0.5) is 4.79 Å². The lowest BCUT2D eigenvalue weighted by Crippen LogP contribution is -2.49. The van der Waals surface area contributed by atoms with Crippen LogP contribution < -0.4 is 10.1 Å². The average Bonchev–Trinajstić information content (AvgIpc) is 2.60. The highest BCUT2D eigenvalue weighted by Crippen LogP contribution is 2.27. The summed E-state index contributed by atoms with van der Waals surface area (Å²) in [6.45, 7) is 8.75. The zero-order valence-corrected chi connectivity index (χ0v) is 17.6. The molecule has 0 radical (unpaired) electrons. The number of hydrogen-bond donors (Lipinski definition) is 1. The highest BCUT2D eigenvalue weighted by Gasteiger charge is 2.28. The maximum absolute atomic E-state index is 12.7. The second-order valence-electron chi connectivity index (χ2n) is 7.68. The van der Waals surface area contributed by atoms with Crippen LogP contribution in [0.1, 0.15) is 40.5 Å². The molecule has 150 valence electrons. The van der Waals surface area contributed by atoms with Gasteiger partial charge in [-0.15, -0.1) is 11.8 Å². The van der Waals surface area contributed by atoms with E-state index in [9.17, 15) is 9.59 Å². The molecule has 1 aliphatic rings. The van der Waals surface area contributed by atoms with Crippen molar-refractivity contribution in [3.05, 3.63) is 24.3 Å². The quantitative estimate of drug-likeness (QED) is 0.772. The summed E-state index contributed by atoms with van der Waals surface area (Å²) in [5.41, 5.74) is -0.505. The van der Waals surface area contributed by atoms with E-state index in [0.717, 1.165) is 23.5 Å². The van der Waals surface area contributed by atoms with Crippen LogP contribution in [0.25, 0.3) is 0 Å². The summed E-state index contributed by atoms with van der Waals surface area (Å²) in [6.07, 6.45) is 1.09. The minimum absolute atomic E-state index is 0.0495. The van der Waals surface area contributed by atoms with Gasteiger partial charge >= 0.3 is 6.09 Å². The third kappa shape index (κ3) is 6.97. The molecule has 2 amide bonds. The molecule has 0 bridgehead atoms. The highest BCUT2D eigenvalue weighted by molar-refractivity contribution is 8.00. The van der Waals surface area contributed by atoms with Crippen molar-refractivity contribution < 1.29 is 19.1 Å². The molecule has 2 rings (SSSR count).